The molecule has 1 fully saturated rings. The highest BCUT2D eigenvalue weighted by Gasteiger charge is 2.33. The Kier molecular flexibility index (Phi) is 10.7. The van der Waals surface area contributed by atoms with Gasteiger partial charge in [-0.25, -0.2) is 13.1 Å². The van der Waals surface area contributed by atoms with Crippen molar-refractivity contribution < 1.29 is 18.1 Å². The number of sulfonamides is 1. The molecule has 0 radical (unpaired) electrons. The first-order chi connectivity index (χ1) is 24.0. The van der Waals surface area contributed by atoms with Gasteiger partial charge >= 0.3 is 0 Å². The zero-order chi connectivity index (χ0) is 35.4. The van der Waals surface area contributed by atoms with Gasteiger partial charge in [0.1, 0.15) is 5.69 Å². The monoisotopic (exact) mass is 716 g/mol. The van der Waals surface area contributed by atoms with Crippen molar-refractivity contribution in [3.63, 3.8) is 0 Å². The van der Waals surface area contributed by atoms with Crippen LogP contribution in [0.3, 0.4) is 0 Å². The molecule has 11 nitrogen and oxygen atoms in total. The minimum Gasteiger partial charge on any atom is -0.379 e. The Morgan fingerprint density at radius 2 is 1.80 bits per heavy atom. The number of nitrogens with one attached hydrogen (secondary N) is 2. The molecular weight excluding hydrogens is 676 g/mol. The van der Waals surface area contributed by atoms with Crippen molar-refractivity contribution in [1.29, 1.82) is 0 Å². The highest BCUT2D eigenvalue weighted by Crippen LogP contribution is 2.35. The van der Waals surface area contributed by atoms with Crippen LogP contribution in [0.5, 0.6) is 0 Å². The van der Waals surface area contributed by atoms with Gasteiger partial charge in [0.25, 0.3) is 21.6 Å². The summed E-state index contributed by atoms with van der Waals surface area (Å²) in [5, 5.41) is 15.5. The summed E-state index contributed by atoms with van der Waals surface area (Å²) in [6.07, 6.45) is 2.42. The van der Waals surface area contributed by atoms with Crippen molar-refractivity contribution in [1.82, 2.24) is 14.5 Å². The fourth-order valence-corrected chi connectivity index (χ4v) is 7.92. The molecule has 13 heteroatoms. The zero-order valence-corrected chi connectivity index (χ0v) is 29.7. The summed E-state index contributed by atoms with van der Waals surface area (Å²) < 4.78 is 28.5. The summed E-state index contributed by atoms with van der Waals surface area (Å²) in [7, 11) is -0.503. The summed E-state index contributed by atoms with van der Waals surface area (Å²) in [5.74, 6) is -0.785. The Bertz CT molecular complexity index is 1990. The number of aryl methyl sites for hydroxylation is 1. The molecule has 0 aromatic heterocycles. The van der Waals surface area contributed by atoms with Gasteiger partial charge in [0.15, 0.2) is 0 Å². The van der Waals surface area contributed by atoms with E-state index in [1.54, 1.807) is 12.1 Å². The van der Waals surface area contributed by atoms with Gasteiger partial charge in [-0.15, -0.1) is 0 Å². The number of halogens is 1. The number of nitrogens with zero attached hydrogens (tertiary/aromatic N) is 4. The average molecular weight is 717 g/mol. The van der Waals surface area contributed by atoms with E-state index in [0.29, 0.717) is 17.6 Å². The van der Waals surface area contributed by atoms with Crippen LogP contribution in [0.1, 0.15) is 34.3 Å². The van der Waals surface area contributed by atoms with Gasteiger partial charge in [0.05, 0.1) is 9.82 Å². The molecule has 2 aliphatic rings. The van der Waals surface area contributed by atoms with Gasteiger partial charge in [-0.1, -0.05) is 48.0 Å². The van der Waals surface area contributed by atoms with Gasteiger partial charge in [0.2, 0.25) is 0 Å². The highest BCUT2D eigenvalue weighted by atomic mass is 35.5. The topological polar surface area (TPSA) is 128 Å². The van der Waals surface area contributed by atoms with Crippen LogP contribution in [0, 0.1) is 10.1 Å². The van der Waals surface area contributed by atoms with Crippen molar-refractivity contribution in [2.75, 3.05) is 57.0 Å². The molecule has 2 heterocycles. The summed E-state index contributed by atoms with van der Waals surface area (Å²) in [6, 6.07) is 25.6. The fraction of sp³-hybridized carbons (Fsp3) is 0.324. The molecule has 262 valence electrons. The molecule has 1 amide bonds. The second kappa shape index (κ2) is 15.2. The number of fused-ring (bicyclic) bond motifs is 3. The largest absolute Gasteiger partial charge is 0.379 e. The van der Waals surface area contributed by atoms with Gasteiger partial charge < -0.3 is 15.1 Å². The van der Waals surface area contributed by atoms with Gasteiger partial charge in [-0.05, 0) is 105 Å². The molecule has 4 aromatic rings. The van der Waals surface area contributed by atoms with Crippen molar-refractivity contribution in [3.8, 4) is 11.1 Å². The quantitative estimate of drug-likeness (QED) is 0.103. The number of benzene rings is 4. The van der Waals surface area contributed by atoms with Crippen molar-refractivity contribution in [2.24, 2.45) is 0 Å². The lowest BCUT2D eigenvalue weighted by atomic mass is 9.92. The van der Waals surface area contributed by atoms with E-state index < -0.39 is 20.9 Å². The van der Waals surface area contributed by atoms with Crippen molar-refractivity contribution in [2.45, 2.75) is 36.7 Å². The van der Waals surface area contributed by atoms with Crippen LogP contribution in [0.15, 0.2) is 89.8 Å². The number of carbonyl (C=O) groups is 1. The second-order valence-corrected chi connectivity index (χ2v) is 15.2. The molecule has 4 aromatic carbocycles. The minimum atomic E-state index is -4.37. The number of amides is 1. The number of nitro groups is 1. The first-order valence-corrected chi connectivity index (χ1v) is 18.5. The minimum absolute atomic E-state index is 0.218. The molecule has 0 bridgehead atoms. The van der Waals surface area contributed by atoms with Crippen LogP contribution in [0.2, 0.25) is 5.02 Å². The van der Waals surface area contributed by atoms with Crippen LogP contribution in [-0.2, 0) is 23.0 Å². The van der Waals surface area contributed by atoms with E-state index in [9.17, 15) is 23.3 Å². The molecule has 0 unspecified atom stereocenters. The number of hydrogen-bond acceptors (Lipinski definition) is 9. The maximum Gasteiger partial charge on any atom is 0.293 e. The lowest BCUT2D eigenvalue weighted by Crippen LogP contribution is -2.54. The lowest BCUT2D eigenvalue weighted by Gasteiger charge is -2.46. The first-order valence-electron chi connectivity index (χ1n) is 16.7. The SMILES string of the molecule is CN(C)CCCNc1ccc(S(=O)(=O)NC(=O)c2ccc3c(c2)CC[C@H]2CN(Cc4ccccc4-c4ccc(Cl)cc4)CCN32)cc1[N+](=O)[O-]. The molecular formula is C37H41ClN6O5S. The predicted molar refractivity (Wildman–Crippen MR) is 197 cm³/mol. The van der Waals surface area contributed by atoms with Crippen LogP contribution in [0.4, 0.5) is 17.1 Å². The standard InChI is InChI=1S/C37H41ClN6O5S/c1-41(2)19-5-18-39-34-16-15-32(23-36(34)44(46)47)50(48,49)40-37(45)28-11-17-35-27(22-28)10-14-31-25-42(20-21-43(31)35)24-29-6-3-4-7-33(29)26-8-12-30(38)13-9-26/h3-4,6-9,11-13,15-17,22-23,31,39H,5,10,14,18-21,24-25H2,1-2H3,(H,40,45)/t31-/m0/s1. The molecule has 0 saturated carbocycles. The van der Waals surface area contributed by atoms with E-state index in [2.05, 4.69) is 56.2 Å². The third-order valence-corrected chi connectivity index (χ3v) is 10.9. The lowest BCUT2D eigenvalue weighted by molar-refractivity contribution is -0.384. The van der Waals surface area contributed by atoms with E-state index >= 15 is 0 Å². The van der Waals surface area contributed by atoms with Gasteiger partial charge in [0, 0.05) is 61.1 Å². The number of carbonyl (C=O) groups excluding carboxylic acids is 1. The molecule has 2 aliphatic heterocycles. The maximum atomic E-state index is 13.2. The molecule has 2 N–H and O–H groups in total. The Hall–Kier alpha value is -4.49. The Morgan fingerprint density at radius 3 is 2.56 bits per heavy atom. The number of anilines is 2. The molecule has 0 aliphatic carbocycles. The van der Waals surface area contributed by atoms with Crippen LogP contribution in [-0.4, -0.2) is 81.9 Å². The van der Waals surface area contributed by atoms with E-state index in [-0.39, 0.29) is 21.8 Å². The summed E-state index contributed by atoms with van der Waals surface area (Å²) in [6.45, 7) is 4.73. The molecule has 1 atom stereocenters. The van der Waals surface area contributed by atoms with Crippen molar-refractivity contribution >= 4 is 44.6 Å². The Morgan fingerprint density at radius 1 is 1.02 bits per heavy atom. The Balaban J connectivity index is 1.10. The molecule has 1 saturated heterocycles. The summed E-state index contributed by atoms with van der Waals surface area (Å²) >= 11 is 6.13. The third kappa shape index (κ3) is 8.10. The van der Waals surface area contributed by atoms with Crippen LogP contribution < -0.4 is 14.9 Å². The van der Waals surface area contributed by atoms with E-state index in [0.717, 1.165) is 74.9 Å². The average Bonchev–Trinajstić information content (AvgIpc) is 3.10. The molecule has 0 spiro atoms. The second-order valence-electron chi connectivity index (χ2n) is 13.1. The molecule has 50 heavy (non-hydrogen) atoms. The van der Waals surface area contributed by atoms with Crippen LogP contribution in [0.25, 0.3) is 11.1 Å². The van der Waals surface area contributed by atoms with Crippen molar-refractivity contribution in [3.05, 3.63) is 117 Å². The fourth-order valence-electron chi connectivity index (χ4n) is 6.80. The number of piperazine rings is 1. The first kappa shape index (κ1) is 35.3. The summed E-state index contributed by atoms with van der Waals surface area (Å²) in [5.41, 5.74) is 5.72. The number of rotatable bonds is 12. The Labute approximate surface area is 298 Å². The van der Waals surface area contributed by atoms with Gasteiger partial charge in [-0.2, -0.15) is 0 Å². The molecule has 6 rings (SSSR count). The van der Waals surface area contributed by atoms with Crippen LogP contribution >= 0.6 is 11.6 Å². The normalized spacial score (nSPS) is 16.1. The third-order valence-electron chi connectivity index (χ3n) is 9.33. The smallest absolute Gasteiger partial charge is 0.293 e. The van der Waals surface area contributed by atoms with E-state index in [4.69, 9.17) is 11.6 Å². The number of nitro benzene ring substituents is 1. The van der Waals surface area contributed by atoms with Gasteiger partial charge in [-0.3, -0.25) is 19.8 Å². The maximum absolute atomic E-state index is 13.2. The highest BCUT2D eigenvalue weighted by molar-refractivity contribution is 7.90. The zero-order valence-electron chi connectivity index (χ0n) is 28.1. The van der Waals surface area contributed by atoms with E-state index in [1.807, 2.05) is 37.2 Å². The van der Waals surface area contributed by atoms with E-state index in [1.165, 1.54) is 23.3 Å². The predicted octanol–water partition coefficient (Wildman–Crippen LogP) is 6.03. The number of hydrogen-bond donors (Lipinski definition) is 2. The summed E-state index contributed by atoms with van der Waals surface area (Å²) in [4.78, 5) is 30.9.